The molecule has 2 fully saturated rings. The minimum atomic E-state index is -0.527. The highest BCUT2D eigenvalue weighted by atomic mass is 127. The predicted molar refractivity (Wildman–Crippen MR) is 90.2 cm³/mol. The molecule has 0 unspecified atom stereocenters. The lowest BCUT2D eigenvalue weighted by Crippen LogP contribution is -2.42. The van der Waals surface area contributed by atoms with Crippen molar-refractivity contribution in [3.8, 4) is 0 Å². The van der Waals surface area contributed by atoms with Crippen molar-refractivity contribution in [2.45, 2.75) is 37.1 Å². The minimum Gasteiger partial charge on any atom is -0.356 e. The maximum absolute atomic E-state index is 13.9. The quantitative estimate of drug-likeness (QED) is 0.458. The van der Waals surface area contributed by atoms with Crippen LogP contribution in [0.3, 0.4) is 0 Å². The molecule has 2 aliphatic carbocycles. The number of rotatable bonds is 4. The Kier molecular flexibility index (Phi) is 5.06. The van der Waals surface area contributed by atoms with Gasteiger partial charge in [-0.2, -0.15) is 0 Å². The van der Waals surface area contributed by atoms with Gasteiger partial charge in [-0.15, -0.1) is 24.0 Å². The standard InChI is InChI=1S/C15H19F2N3.HI/c1-18-14(20-11-3-4-11)19-9-15(6-7-15)12-5-2-10(16)8-13(12)17;/h2,5,8,11H,3-4,6-7,9H2,1H3,(H2,18,19,20);1H. The molecule has 0 bridgehead atoms. The van der Waals surface area contributed by atoms with Gasteiger partial charge in [0.05, 0.1) is 0 Å². The molecular formula is C15H20F2IN3. The molecule has 0 spiro atoms. The first kappa shape index (κ1) is 16.5. The van der Waals surface area contributed by atoms with Crippen molar-refractivity contribution in [3.05, 3.63) is 35.4 Å². The molecule has 21 heavy (non-hydrogen) atoms. The van der Waals surface area contributed by atoms with E-state index in [-0.39, 0.29) is 29.4 Å². The monoisotopic (exact) mass is 407 g/mol. The summed E-state index contributed by atoms with van der Waals surface area (Å²) >= 11 is 0. The molecule has 2 aliphatic rings. The Hall–Kier alpha value is -0.920. The number of nitrogens with zero attached hydrogens (tertiary/aromatic N) is 1. The van der Waals surface area contributed by atoms with Gasteiger partial charge in [0.25, 0.3) is 0 Å². The van der Waals surface area contributed by atoms with E-state index in [1.54, 1.807) is 13.1 Å². The first-order valence-electron chi connectivity index (χ1n) is 7.06. The molecule has 1 aromatic carbocycles. The first-order chi connectivity index (χ1) is 9.63. The lowest BCUT2D eigenvalue weighted by atomic mass is 9.95. The second kappa shape index (κ2) is 6.46. The molecule has 0 amide bonds. The molecular weight excluding hydrogens is 387 g/mol. The third-order valence-electron chi connectivity index (χ3n) is 4.09. The van der Waals surface area contributed by atoms with Crippen molar-refractivity contribution in [1.82, 2.24) is 10.6 Å². The summed E-state index contributed by atoms with van der Waals surface area (Å²) in [5.74, 6) is -0.211. The largest absolute Gasteiger partial charge is 0.356 e. The van der Waals surface area contributed by atoms with Crippen molar-refractivity contribution >= 4 is 29.9 Å². The van der Waals surface area contributed by atoms with Gasteiger partial charge in [-0.1, -0.05) is 6.07 Å². The molecule has 0 aliphatic heterocycles. The van der Waals surface area contributed by atoms with E-state index in [0.717, 1.165) is 24.9 Å². The van der Waals surface area contributed by atoms with E-state index in [9.17, 15) is 8.78 Å². The highest BCUT2D eigenvalue weighted by molar-refractivity contribution is 14.0. The Labute approximate surface area is 140 Å². The van der Waals surface area contributed by atoms with Gasteiger partial charge < -0.3 is 10.6 Å². The fourth-order valence-electron chi connectivity index (χ4n) is 2.48. The van der Waals surface area contributed by atoms with Crippen molar-refractivity contribution in [2.75, 3.05) is 13.6 Å². The predicted octanol–water partition coefficient (Wildman–Crippen LogP) is 2.94. The van der Waals surface area contributed by atoms with Crippen molar-refractivity contribution in [1.29, 1.82) is 0 Å². The number of guanidine groups is 1. The number of aliphatic imine (C=N–C) groups is 1. The summed E-state index contributed by atoms with van der Waals surface area (Å²) in [6.45, 7) is 0.627. The molecule has 2 N–H and O–H groups in total. The number of benzene rings is 1. The number of nitrogens with one attached hydrogen (secondary N) is 2. The van der Waals surface area contributed by atoms with E-state index in [1.165, 1.54) is 18.9 Å². The smallest absolute Gasteiger partial charge is 0.191 e. The molecule has 0 atom stereocenters. The summed E-state index contributed by atoms with van der Waals surface area (Å²) in [5.41, 5.74) is 0.396. The van der Waals surface area contributed by atoms with Crippen LogP contribution in [0.2, 0.25) is 0 Å². The van der Waals surface area contributed by atoms with Gasteiger partial charge in [0, 0.05) is 31.1 Å². The Morgan fingerprint density at radius 3 is 2.57 bits per heavy atom. The molecule has 6 heteroatoms. The highest BCUT2D eigenvalue weighted by Gasteiger charge is 2.46. The normalized spacial score (nSPS) is 19.7. The molecule has 0 heterocycles. The van der Waals surface area contributed by atoms with Crippen LogP contribution in [0.5, 0.6) is 0 Å². The average Bonchev–Trinajstić information content (AvgIpc) is 3.30. The van der Waals surface area contributed by atoms with Crippen LogP contribution in [0.4, 0.5) is 8.78 Å². The second-order valence-corrected chi connectivity index (χ2v) is 5.75. The zero-order valence-corrected chi connectivity index (χ0v) is 14.3. The van der Waals surface area contributed by atoms with Gasteiger partial charge in [-0.25, -0.2) is 8.78 Å². The Morgan fingerprint density at radius 1 is 1.33 bits per heavy atom. The molecule has 3 rings (SSSR count). The van der Waals surface area contributed by atoms with E-state index in [2.05, 4.69) is 15.6 Å². The zero-order valence-electron chi connectivity index (χ0n) is 12.0. The second-order valence-electron chi connectivity index (χ2n) is 5.75. The maximum atomic E-state index is 13.9. The zero-order chi connectivity index (χ0) is 14.2. The minimum absolute atomic E-state index is 0. The van der Waals surface area contributed by atoms with Crippen LogP contribution < -0.4 is 10.6 Å². The van der Waals surface area contributed by atoms with Crippen LogP contribution in [0.15, 0.2) is 23.2 Å². The van der Waals surface area contributed by atoms with E-state index in [4.69, 9.17) is 0 Å². The van der Waals surface area contributed by atoms with E-state index < -0.39 is 11.6 Å². The summed E-state index contributed by atoms with van der Waals surface area (Å²) in [6, 6.07) is 4.39. The van der Waals surface area contributed by atoms with Crippen LogP contribution >= 0.6 is 24.0 Å². The van der Waals surface area contributed by atoms with Gasteiger partial charge >= 0.3 is 0 Å². The maximum Gasteiger partial charge on any atom is 0.191 e. The molecule has 0 saturated heterocycles. The highest BCUT2D eigenvalue weighted by Crippen LogP contribution is 2.48. The fraction of sp³-hybridized carbons (Fsp3) is 0.533. The van der Waals surface area contributed by atoms with Crippen molar-refractivity contribution < 1.29 is 8.78 Å². The topological polar surface area (TPSA) is 36.4 Å². The molecule has 0 aromatic heterocycles. The number of hydrogen-bond acceptors (Lipinski definition) is 1. The van der Waals surface area contributed by atoms with Crippen LogP contribution in [-0.2, 0) is 5.41 Å². The van der Waals surface area contributed by atoms with E-state index >= 15 is 0 Å². The van der Waals surface area contributed by atoms with Gasteiger partial charge in [0.15, 0.2) is 5.96 Å². The fourth-order valence-corrected chi connectivity index (χ4v) is 2.48. The lowest BCUT2D eigenvalue weighted by molar-refractivity contribution is 0.540. The number of hydrogen-bond donors (Lipinski definition) is 2. The SMILES string of the molecule is CN=C(NCC1(c2ccc(F)cc2F)CC1)NC1CC1.I. The molecule has 116 valence electrons. The average molecular weight is 407 g/mol. The molecule has 1 aromatic rings. The van der Waals surface area contributed by atoms with Crippen LogP contribution in [0, 0.1) is 11.6 Å². The van der Waals surface area contributed by atoms with Crippen LogP contribution in [0.25, 0.3) is 0 Å². The summed E-state index contributed by atoms with van der Waals surface area (Å²) in [6.07, 6.45) is 4.20. The van der Waals surface area contributed by atoms with Crippen LogP contribution in [-0.4, -0.2) is 25.6 Å². The van der Waals surface area contributed by atoms with E-state index in [0.29, 0.717) is 18.2 Å². The summed E-state index contributed by atoms with van der Waals surface area (Å²) in [5, 5.41) is 6.56. The van der Waals surface area contributed by atoms with Crippen LogP contribution in [0.1, 0.15) is 31.2 Å². The van der Waals surface area contributed by atoms with Gasteiger partial charge in [0.2, 0.25) is 0 Å². The van der Waals surface area contributed by atoms with Gasteiger partial charge in [-0.05, 0) is 37.3 Å². The first-order valence-corrected chi connectivity index (χ1v) is 7.06. The Balaban J connectivity index is 0.00000161. The summed E-state index contributed by atoms with van der Waals surface area (Å²) in [4.78, 5) is 4.17. The van der Waals surface area contributed by atoms with Crippen molar-refractivity contribution in [3.63, 3.8) is 0 Å². The molecule has 2 saturated carbocycles. The number of halogens is 3. The third-order valence-corrected chi connectivity index (χ3v) is 4.09. The summed E-state index contributed by atoms with van der Waals surface area (Å²) < 4.78 is 26.9. The molecule has 3 nitrogen and oxygen atoms in total. The Bertz CT molecular complexity index is 540. The van der Waals surface area contributed by atoms with Gasteiger partial charge in [0.1, 0.15) is 11.6 Å². The third kappa shape index (κ3) is 3.84. The van der Waals surface area contributed by atoms with Gasteiger partial charge in [-0.3, -0.25) is 4.99 Å². The molecule has 0 radical (unpaired) electrons. The van der Waals surface area contributed by atoms with E-state index in [1.807, 2.05) is 0 Å². The summed E-state index contributed by atoms with van der Waals surface area (Å²) in [7, 11) is 1.73. The lowest BCUT2D eigenvalue weighted by Gasteiger charge is -2.19. The Morgan fingerprint density at radius 2 is 2.05 bits per heavy atom. The van der Waals surface area contributed by atoms with Crippen molar-refractivity contribution in [2.24, 2.45) is 4.99 Å².